The van der Waals surface area contributed by atoms with Gasteiger partial charge in [-0.3, -0.25) is 4.79 Å². The minimum atomic E-state index is -0.913. The number of ether oxygens (including phenoxy) is 3. The van der Waals surface area contributed by atoms with E-state index in [1.807, 2.05) is 0 Å². The Hall–Kier alpha value is -4.01. The van der Waals surface area contributed by atoms with Crippen molar-refractivity contribution in [2.45, 2.75) is 19.3 Å². The number of benzene rings is 2. The number of carbonyl (C=O) groups is 1. The largest absolute Gasteiger partial charge is 0.507 e. The molecule has 166 valence electrons. The van der Waals surface area contributed by atoms with Crippen molar-refractivity contribution in [1.82, 2.24) is 0 Å². The van der Waals surface area contributed by atoms with E-state index in [2.05, 4.69) is 5.32 Å². The molecule has 0 aliphatic carbocycles. The number of aryl methyl sites for hydroxylation is 1. The number of hydrogen-bond acceptors (Lipinski definition) is 7. The van der Waals surface area contributed by atoms with E-state index in [4.69, 9.17) is 18.6 Å². The maximum Gasteiger partial charge on any atom is 0.343 e. The number of aromatic hydroxyl groups is 1. The Balaban J connectivity index is 1.76. The molecule has 0 saturated heterocycles. The molecule has 3 aromatic rings. The summed E-state index contributed by atoms with van der Waals surface area (Å²) in [6, 6.07) is 9.96. The third kappa shape index (κ3) is 4.22. The minimum Gasteiger partial charge on any atom is -0.507 e. The van der Waals surface area contributed by atoms with Crippen molar-refractivity contribution in [1.29, 1.82) is 0 Å². The normalized spacial score (nSPS) is 13.0. The number of amides is 1. The van der Waals surface area contributed by atoms with E-state index in [1.54, 1.807) is 12.1 Å². The quantitative estimate of drug-likeness (QED) is 0.601. The molecule has 2 aromatic carbocycles. The van der Waals surface area contributed by atoms with Gasteiger partial charge >= 0.3 is 5.63 Å². The monoisotopic (exact) mass is 441 g/mol. The summed E-state index contributed by atoms with van der Waals surface area (Å²) in [6.07, 6.45) is -0.249. The number of methoxy groups -OCH3 is 1. The topological polar surface area (TPSA) is 107 Å². The summed E-state index contributed by atoms with van der Waals surface area (Å²) >= 11 is 0. The van der Waals surface area contributed by atoms with Crippen LogP contribution in [-0.2, 0) is 4.79 Å². The lowest BCUT2D eigenvalue weighted by Crippen LogP contribution is -2.21. The fraction of sp³-hybridized carbons (Fsp3) is 0.217. The summed E-state index contributed by atoms with van der Waals surface area (Å²) in [4.78, 5) is 25.5. The summed E-state index contributed by atoms with van der Waals surface area (Å²) in [7, 11) is 1.45. The minimum absolute atomic E-state index is 0.00219. The van der Waals surface area contributed by atoms with Crippen molar-refractivity contribution in [3.05, 3.63) is 75.6 Å². The van der Waals surface area contributed by atoms with Gasteiger partial charge in [-0.2, -0.15) is 0 Å². The zero-order valence-corrected chi connectivity index (χ0v) is 17.3. The van der Waals surface area contributed by atoms with Gasteiger partial charge in [0.1, 0.15) is 17.3 Å². The number of fused-ring (bicyclic) bond motifs is 1. The lowest BCUT2D eigenvalue weighted by Gasteiger charge is -2.19. The number of carbonyl (C=O) groups excluding carboxylic acids is 1. The Morgan fingerprint density at radius 1 is 1.25 bits per heavy atom. The number of nitrogens with one attached hydrogen (secondary N) is 1. The van der Waals surface area contributed by atoms with Crippen LogP contribution in [0.4, 0.5) is 10.1 Å². The summed E-state index contributed by atoms with van der Waals surface area (Å²) in [5.41, 5.74) is -0.141. The molecule has 9 heteroatoms. The second kappa shape index (κ2) is 8.62. The maximum absolute atomic E-state index is 13.5. The van der Waals surface area contributed by atoms with E-state index in [0.717, 1.165) is 0 Å². The van der Waals surface area contributed by atoms with Crippen LogP contribution < -0.4 is 25.2 Å². The SMILES string of the molecule is COc1cc([C@@H](CC(=O)Nc2cccc(F)c2)c2c(O)cc(C)oc2=O)cc2c1OCO2. The van der Waals surface area contributed by atoms with Gasteiger partial charge < -0.3 is 29.1 Å². The highest BCUT2D eigenvalue weighted by molar-refractivity contribution is 5.91. The van der Waals surface area contributed by atoms with Crippen molar-refractivity contribution in [2.24, 2.45) is 0 Å². The lowest BCUT2D eigenvalue weighted by molar-refractivity contribution is -0.116. The molecule has 0 spiro atoms. The molecule has 0 bridgehead atoms. The Bertz CT molecular complexity index is 1240. The molecule has 2 heterocycles. The average molecular weight is 441 g/mol. The fourth-order valence-electron chi connectivity index (χ4n) is 3.63. The van der Waals surface area contributed by atoms with Crippen LogP contribution in [0.15, 0.2) is 51.7 Å². The molecule has 0 radical (unpaired) electrons. The van der Waals surface area contributed by atoms with Gasteiger partial charge in [0.25, 0.3) is 0 Å². The summed E-state index contributed by atoms with van der Waals surface area (Å²) < 4.78 is 34.9. The van der Waals surface area contributed by atoms with E-state index >= 15 is 0 Å². The molecule has 1 atom stereocenters. The van der Waals surface area contributed by atoms with Crippen LogP contribution in [0.5, 0.6) is 23.0 Å². The Kier molecular flexibility index (Phi) is 5.72. The first-order chi connectivity index (χ1) is 15.4. The fourth-order valence-corrected chi connectivity index (χ4v) is 3.63. The van der Waals surface area contributed by atoms with Gasteiger partial charge in [0.05, 0.1) is 12.7 Å². The summed E-state index contributed by atoms with van der Waals surface area (Å²) in [5, 5.41) is 13.1. The zero-order valence-electron chi connectivity index (χ0n) is 17.3. The maximum atomic E-state index is 13.5. The molecule has 8 nitrogen and oxygen atoms in total. The van der Waals surface area contributed by atoms with Crippen LogP contribution in [-0.4, -0.2) is 24.9 Å². The molecule has 1 aliphatic rings. The van der Waals surface area contributed by atoms with Crippen molar-refractivity contribution < 1.29 is 32.9 Å². The predicted molar refractivity (Wildman–Crippen MR) is 112 cm³/mol. The van der Waals surface area contributed by atoms with E-state index in [-0.39, 0.29) is 36.0 Å². The molecule has 1 amide bonds. The van der Waals surface area contributed by atoms with Crippen LogP contribution in [0.2, 0.25) is 0 Å². The number of anilines is 1. The average Bonchev–Trinajstić information content (AvgIpc) is 3.20. The van der Waals surface area contributed by atoms with Crippen molar-refractivity contribution in [3.63, 3.8) is 0 Å². The molecule has 1 aliphatic heterocycles. The molecule has 0 saturated carbocycles. The van der Waals surface area contributed by atoms with E-state index < -0.39 is 23.3 Å². The molecule has 32 heavy (non-hydrogen) atoms. The highest BCUT2D eigenvalue weighted by Crippen LogP contribution is 2.45. The van der Waals surface area contributed by atoms with Crippen LogP contribution in [0.3, 0.4) is 0 Å². The van der Waals surface area contributed by atoms with Gasteiger partial charge in [-0.15, -0.1) is 0 Å². The number of rotatable bonds is 6. The number of hydrogen-bond donors (Lipinski definition) is 2. The first-order valence-corrected chi connectivity index (χ1v) is 9.72. The third-order valence-electron chi connectivity index (χ3n) is 5.02. The van der Waals surface area contributed by atoms with E-state index in [1.165, 1.54) is 44.4 Å². The molecule has 4 rings (SSSR count). The standard InChI is InChI=1S/C23H20FNO7/c1-12-6-17(26)21(23(28)32-12)16(10-20(27)25-15-5-3-4-14(24)9-15)13-7-18(29-2)22-19(8-13)30-11-31-22/h3-9,16,26H,10-11H2,1-2H3,(H,25,27)/t16-/m1/s1. The molecule has 0 unspecified atom stereocenters. The predicted octanol–water partition coefficient (Wildman–Crippen LogP) is 3.69. The van der Waals surface area contributed by atoms with Crippen LogP contribution in [0.25, 0.3) is 0 Å². The first kappa shape index (κ1) is 21.2. The van der Waals surface area contributed by atoms with Crippen LogP contribution in [0, 0.1) is 12.7 Å². The second-order valence-corrected chi connectivity index (χ2v) is 7.22. The zero-order chi connectivity index (χ0) is 22.8. The lowest BCUT2D eigenvalue weighted by atomic mass is 9.88. The van der Waals surface area contributed by atoms with Gasteiger partial charge in [0.15, 0.2) is 11.5 Å². The molecular formula is C23H20FNO7. The third-order valence-corrected chi connectivity index (χ3v) is 5.02. The van der Waals surface area contributed by atoms with Crippen molar-refractivity contribution >= 4 is 11.6 Å². The summed E-state index contributed by atoms with van der Waals surface area (Å²) in [6.45, 7) is 1.53. The van der Waals surface area contributed by atoms with Crippen LogP contribution in [0.1, 0.15) is 29.2 Å². The molecule has 1 aromatic heterocycles. The molecule has 2 N–H and O–H groups in total. The number of halogens is 1. The highest BCUT2D eigenvalue weighted by Gasteiger charge is 2.29. The Labute approximate surface area is 182 Å². The Morgan fingerprint density at radius 2 is 2.06 bits per heavy atom. The van der Waals surface area contributed by atoms with E-state index in [9.17, 15) is 19.1 Å². The van der Waals surface area contributed by atoms with Gasteiger partial charge in [0.2, 0.25) is 18.4 Å². The smallest absolute Gasteiger partial charge is 0.343 e. The molecule has 0 fully saturated rings. The van der Waals surface area contributed by atoms with Gasteiger partial charge in [0, 0.05) is 24.1 Å². The second-order valence-electron chi connectivity index (χ2n) is 7.22. The van der Waals surface area contributed by atoms with Crippen molar-refractivity contribution in [3.8, 4) is 23.0 Å². The van der Waals surface area contributed by atoms with Gasteiger partial charge in [-0.1, -0.05) is 6.07 Å². The van der Waals surface area contributed by atoms with Crippen molar-refractivity contribution in [2.75, 3.05) is 19.2 Å². The summed E-state index contributed by atoms with van der Waals surface area (Å²) in [5.74, 6) is -0.870. The van der Waals surface area contributed by atoms with Gasteiger partial charge in [-0.25, -0.2) is 9.18 Å². The molecular weight excluding hydrogens is 421 g/mol. The van der Waals surface area contributed by atoms with Crippen LogP contribution >= 0.6 is 0 Å². The Morgan fingerprint density at radius 3 is 2.78 bits per heavy atom. The van der Waals surface area contributed by atoms with E-state index in [0.29, 0.717) is 22.8 Å². The highest BCUT2D eigenvalue weighted by atomic mass is 19.1. The first-order valence-electron chi connectivity index (χ1n) is 9.72. The van der Waals surface area contributed by atoms with Gasteiger partial charge in [-0.05, 0) is 42.8 Å².